The van der Waals surface area contributed by atoms with Gasteiger partial charge in [-0.3, -0.25) is 4.90 Å². The number of hydrogen-bond acceptors (Lipinski definition) is 3. The second-order valence-electron chi connectivity index (χ2n) is 5.88. The van der Waals surface area contributed by atoms with E-state index < -0.39 is 0 Å². The number of rotatable bonds is 7. The van der Waals surface area contributed by atoms with Crippen LogP contribution in [0.3, 0.4) is 0 Å². The first kappa shape index (κ1) is 16.2. The fourth-order valence-electron chi connectivity index (χ4n) is 2.45. The molecule has 114 valence electrons. The van der Waals surface area contributed by atoms with Crippen LogP contribution in [0.2, 0.25) is 0 Å². The zero-order valence-electron chi connectivity index (χ0n) is 13.1. The first-order valence-corrected chi connectivity index (χ1v) is 8.37. The first-order chi connectivity index (χ1) is 10.0. The molecule has 0 fully saturated rings. The summed E-state index contributed by atoms with van der Waals surface area (Å²) in [6, 6.07) is 15.0. The third-order valence-electron chi connectivity index (χ3n) is 3.64. The molecule has 0 radical (unpaired) electrons. The van der Waals surface area contributed by atoms with E-state index in [9.17, 15) is 5.11 Å². The molecule has 0 aliphatic heterocycles. The maximum atomic E-state index is 10.4. The fraction of sp³-hybridized carbons (Fsp3) is 0.444. The van der Waals surface area contributed by atoms with Gasteiger partial charge in [-0.1, -0.05) is 30.3 Å². The van der Waals surface area contributed by atoms with E-state index >= 15 is 0 Å². The van der Waals surface area contributed by atoms with E-state index in [1.54, 1.807) is 0 Å². The summed E-state index contributed by atoms with van der Waals surface area (Å²) in [7, 11) is 0. The van der Waals surface area contributed by atoms with E-state index in [0.717, 1.165) is 6.54 Å². The highest BCUT2D eigenvalue weighted by atomic mass is 32.1. The van der Waals surface area contributed by atoms with Gasteiger partial charge in [0.15, 0.2) is 0 Å². The van der Waals surface area contributed by atoms with Crippen molar-refractivity contribution in [1.29, 1.82) is 0 Å². The summed E-state index contributed by atoms with van der Waals surface area (Å²) in [6.45, 7) is 8.15. The average molecular weight is 303 g/mol. The van der Waals surface area contributed by atoms with Crippen molar-refractivity contribution in [3.05, 3.63) is 57.8 Å². The maximum Gasteiger partial charge on any atom is 0.0707 e. The lowest BCUT2D eigenvalue weighted by molar-refractivity contribution is 0.0915. The summed E-state index contributed by atoms with van der Waals surface area (Å²) in [5.41, 5.74) is 1.20. The van der Waals surface area contributed by atoms with Gasteiger partial charge in [0.05, 0.1) is 6.10 Å². The predicted molar refractivity (Wildman–Crippen MR) is 90.8 cm³/mol. The van der Waals surface area contributed by atoms with Crippen molar-refractivity contribution < 1.29 is 5.11 Å². The van der Waals surface area contributed by atoms with E-state index in [1.807, 2.05) is 29.5 Å². The molecular weight excluding hydrogens is 278 g/mol. The molecule has 1 atom stereocenters. The van der Waals surface area contributed by atoms with Gasteiger partial charge in [0, 0.05) is 28.9 Å². The third kappa shape index (κ3) is 5.27. The van der Waals surface area contributed by atoms with Gasteiger partial charge < -0.3 is 5.11 Å². The average Bonchev–Trinajstić information content (AvgIpc) is 2.84. The summed E-state index contributed by atoms with van der Waals surface area (Å²) in [4.78, 5) is 5.06. The zero-order valence-corrected chi connectivity index (χ0v) is 13.9. The fourth-order valence-corrected chi connectivity index (χ4v) is 3.37. The van der Waals surface area contributed by atoms with Crippen LogP contribution in [-0.2, 0) is 13.0 Å². The van der Waals surface area contributed by atoms with Crippen LogP contribution in [0.15, 0.2) is 42.5 Å². The Balaban J connectivity index is 1.93. The Bertz CT molecular complexity index is 535. The third-order valence-corrected chi connectivity index (χ3v) is 4.63. The molecule has 2 rings (SSSR count). The molecule has 2 aromatic rings. The molecule has 0 aliphatic carbocycles. The second kappa shape index (κ2) is 7.74. The molecule has 21 heavy (non-hydrogen) atoms. The van der Waals surface area contributed by atoms with Crippen molar-refractivity contribution in [2.24, 2.45) is 0 Å². The Labute approximate surface area is 132 Å². The Hall–Kier alpha value is -1.16. The van der Waals surface area contributed by atoms with Crippen LogP contribution in [0, 0.1) is 6.92 Å². The number of aliphatic hydroxyl groups is 1. The van der Waals surface area contributed by atoms with Crippen LogP contribution in [0.4, 0.5) is 0 Å². The molecule has 0 spiro atoms. The Morgan fingerprint density at radius 1 is 1.10 bits per heavy atom. The molecule has 2 nitrogen and oxygen atoms in total. The second-order valence-corrected chi connectivity index (χ2v) is 7.25. The van der Waals surface area contributed by atoms with Crippen molar-refractivity contribution in [3.8, 4) is 0 Å². The molecule has 1 aromatic heterocycles. The van der Waals surface area contributed by atoms with Gasteiger partial charge in [-0.25, -0.2) is 0 Å². The van der Waals surface area contributed by atoms with E-state index in [4.69, 9.17) is 0 Å². The molecular formula is C18H25NOS. The quantitative estimate of drug-likeness (QED) is 0.839. The van der Waals surface area contributed by atoms with Crippen LogP contribution >= 0.6 is 11.3 Å². The highest BCUT2D eigenvalue weighted by molar-refractivity contribution is 7.11. The lowest BCUT2D eigenvalue weighted by Gasteiger charge is -2.28. The molecule has 0 bridgehead atoms. The maximum absolute atomic E-state index is 10.4. The highest BCUT2D eigenvalue weighted by Crippen LogP contribution is 2.19. The zero-order chi connectivity index (χ0) is 15.2. The van der Waals surface area contributed by atoms with Crippen molar-refractivity contribution in [2.75, 3.05) is 6.54 Å². The predicted octanol–water partition coefficient (Wildman–Crippen LogP) is 3.87. The van der Waals surface area contributed by atoms with Gasteiger partial charge in [0.2, 0.25) is 0 Å². The Morgan fingerprint density at radius 2 is 1.81 bits per heavy atom. The van der Waals surface area contributed by atoms with Crippen LogP contribution in [0.25, 0.3) is 0 Å². The number of benzene rings is 1. The van der Waals surface area contributed by atoms with Gasteiger partial charge in [-0.05, 0) is 44.9 Å². The van der Waals surface area contributed by atoms with Crippen molar-refractivity contribution >= 4 is 11.3 Å². The number of thiophene rings is 1. The van der Waals surface area contributed by atoms with Gasteiger partial charge in [-0.2, -0.15) is 0 Å². The Kier molecular flexibility index (Phi) is 5.97. The molecule has 0 saturated carbocycles. The standard InChI is InChI=1S/C18H25NOS/c1-14(2)19(13-18-10-9-15(3)21-18)12-17(20)11-16-7-5-4-6-8-16/h4-10,14,17,20H,11-13H2,1-3H3. The molecule has 1 heterocycles. The lowest BCUT2D eigenvalue weighted by Crippen LogP contribution is -2.37. The molecule has 3 heteroatoms. The monoisotopic (exact) mass is 303 g/mol. The number of aliphatic hydroxyl groups excluding tert-OH is 1. The SMILES string of the molecule is Cc1ccc(CN(CC(O)Cc2ccccc2)C(C)C)s1. The summed E-state index contributed by atoms with van der Waals surface area (Å²) in [5, 5.41) is 10.4. The molecule has 1 N–H and O–H groups in total. The Morgan fingerprint density at radius 3 is 2.38 bits per heavy atom. The van der Waals surface area contributed by atoms with Crippen molar-refractivity contribution in [3.63, 3.8) is 0 Å². The van der Waals surface area contributed by atoms with E-state index in [-0.39, 0.29) is 6.10 Å². The molecule has 0 aliphatic rings. The van der Waals surface area contributed by atoms with Crippen LogP contribution < -0.4 is 0 Å². The molecule has 1 aromatic carbocycles. The number of hydrogen-bond donors (Lipinski definition) is 1. The summed E-state index contributed by atoms with van der Waals surface area (Å²) < 4.78 is 0. The smallest absolute Gasteiger partial charge is 0.0707 e. The molecule has 0 saturated heterocycles. The van der Waals surface area contributed by atoms with Gasteiger partial charge in [0.25, 0.3) is 0 Å². The van der Waals surface area contributed by atoms with Crippen LogP contribution in [0.1, 0.15) is 29.2 Å². The van der Waals surface area contributed by atoms with Crippen molar-refractivity contribution in [2.45, 2.75) is 45.9 Å². The highest BCUT2D eigenvalue weighted by Gasteiger charge is 2.16. The number of nitrogens with zero attached hydrogens (tertiary/aromatic N) is 1. The largest absolute Gasteiger partial charge is 0.391 e. The summed E-state index contributed by atoms with van der Waals surface area (Å²) >= 11 is 1.84. The van der Waals surface area contributed by atoms with Crippen molar-refractivity contribution in [1.82, 2.24) is 4.90 Å². The minimum Gasteiger partial charge on any atom is -0.391 e. The lowest BCUT2D eigenvalue weighted by atomic mass is 10.1. The first-order valence-electron chi connectivity index (χ1n) is 7.56. The molecule has 0 amide bonds. The summed E-state index contributed by atoms with van der Waals surface area (Å²) in [5.74, 6) is 0. The minimum atomic E-state index is -0.323. The van der Waals surface area contributed by atoms with E-state index in [0.29, 0.717) is 19.0 Å². The van der Waals surface area contributed by atoms with E-state index in [2.05, 4.69) is 49.9 Å². The van der Waals surface area contributed by atoms with E-state index in [1.165, 1.54) is 15.3 Å². The molecule has 1 unspecified atom stereocenters. The van der Waals surface area contributed by atoms with Crippen LogP contribution in [0.5, 0.6) is 0 Å². The van der Waals surface area contributed by atoms with Gasteiger partial charge >= 0.3 is 0 Å². The van der Waals surface area contributed by atoms with Gasteiger partial charge in [-0.15, -0.1) is 11.3 Å². The number of aryl methyl sites for hydroxylation is 1. The van der Waals surface area contributed by atoms with Gasteiger partial charge in [0.1, 0.15) is 0 Å². The van der Waals surface area contributed by atoms with Crippen LogP contribution in [-0.4, -0.2) is 28.7 Å². The topological polar surface area (TPSA) is 23.5 Å². The summed E-state index contributed by atoms with van der Waals surface area (Å²) in [6.07, 6.45) is 0.393. The minimum absolute atomic E-state index is 0.323. The normalized spacial score (nSPS) is 13.0.